The Morgan fingerprint density at radius 3 is 2.59 bits per heavy atom. The molecular formula is C22H25N3O3S. The van der Waals surface area contributed by atoms with Gasteiger partial charge in [-0.1, -0.05) is 68.9 Å². The first-order valence-corrected chi connectivity index (χ1v) is 10.3. The van der Waals surface area contributed by atoms with Crippen molar-refractivity contribution < 1.29 is 13.9 Å². The highest BCUT2D eigenvalue weighted by atomic mass is 32.2. The molecule has 0 saturated carbocycles. The third-order valence-electron chi connectivity index (χ3n) is 4.31. The van der Waals surface area contributed by atoms with E-state index in [1.807, 2.05) is 48.5 Å². The molecule has 2 aromatic carbocycles. The molecule has 0 saturated heterocycles. The van der Waals surface area contributed by atoms with Crippen LogP contribution in [-0.4, -0.2) is 29.0 Å². The average molecular weight is 412 g/mol. The topological polar surface area (TPSA) is 77.2 Å². The Balaban J connectivity index is 1.59. The van der Waals surface area contributed by atoms with Crippen molar-refractivity contribution in [1.29, 1.82) is 0 Å². The number of aromatic nitrogens is 2. The van der Waals surface area contributed by atoms with Gasteiger partial charge in [0.05, 0.1) is 25.0 Å². The lowest BCUT2D eigenvalue weighted by Crippen LogP contribution is -2.17. The van der Waals surface area contributed by atoms with Crippen LogP contribution < -0.4 is 10.1 Å². The van der Waals surface area contributed by atoms with E-state index in [0.29, 0.717) is 29.0 Å². The first-order valence-electron chi connectivity index (χ1n) is 9.32. The van der Waals surface area contributed by atoms with Gasteiger partial charge in [-0.05, 0) is 28.7 Å². The van der Waals surface area contributed by atoms with Crippen LogP contribution in [-0.2, 0) is 16.6 Å². The number of thioether (sulfide) groups is 1. The van der Waals surface area contributed by atoms with E-state index in [-0.39, 0.29) is 17.1 Å². The van der Waals surface area contributed by atoms with Crippen molar-refractivity contribution >= 4 is 23.4 Å². The smallest absolute Gasteiger partial charge is 0.277 e. The van der Waals surface area contributed by atoms with Gasteiger partial charge in [-0.15, -0.1) is 10.2 Å². The van der Waals surface area contributed by atoms with Gasteiger partial charge in [-0.25, -0.2) is 0 Å². The van der Waals surface area contributed by atoms with E-state index in [9.17, 15) is 4.79 Å². The van der Waals surface area contributed by atoms with Gasteiger partial charge in [0.2, 0.25) is 11.8 Å². The van der Waals surface area contributed by atoms with E-state index in [1.165, 1.54) is 11.8 Å². The lowest BCUT2D eigenvalue weighted by molar-refractivity contribution is -0.113. The molecule has 1 heterocycles. The highest BCUT2D eigenvalue weighted by Crippen LogP contribution is 2.31. The van der Waals surface area contributed by atoms with Crippen molar-refractivity contribution in [2.75, 3.05) is 18.2 Å². The van der Waals surface area contributed by atoms with Crippen LogP contribution in [0.2, 0.25) is 0 Å². The molecule has 0 unspecified atom stereocenters. The lowest BCUT2D eigenvalue weighted by Gasteiger charge is -2.21. The molecule has 6 nitrogen and oxygen atoms in total. The molecule has 3 rings (SSSR count). The quantitative estimate of drug-likeness (QED) is 0.568. The largest absolute Gasteiger partial charge is 0.495 e. The first kappa shape index (κ1) is 20.9. The van der Waals surface area contributed by atoms with Crippen LogP contribution in [0.3, 0.4) is 0 Å². The number of nitrogens with one attached hydrogen (secondary N) is 1. The van der Waals surface area contributed by atoms with Crippen LogP contribution in [0.15, 0.2) is 58.2 Å². The minimum absolute atomic E-state index is 0.0284. The van der Waals surface area contributed by atoms with Crippen LogP contribution in [0.25, 0.3) is 0 Å². The highest BCUT2D eigenvalue weighted by Gasteiger charge is 2.17. The number of benzene rings is 2. The minimum Gasteiger partial charge on any atom is -0.495 e. The molecule has 0 bridgehead atoms. The zero-order valence-corrected chi connectivity index (χ0v) is 17.9. The molecule has 3 aromatic rings. The standard InChI is InChI=1S/C22H25N3O3S/c1-22(2,3)16-10-11-18(27-4)17(13-16)23-19(26)14-29-21-25-24-20(28-21)12-15-8-6-5-7-9-15/h5-11,13H,12,14H2,1-4H3,(H,23,26). The molecule has 0 spiro atoms. The van der Waals surface area contributed by atoms with Gasteiger partial charge >= 0.3 is 0 Å². The maximum Gasteiger partial charge on any atom is 0.277 e. The number of amides is 1. The highest BCUT2D eigenvalue weighted by molar-refractivity contribution is 7.99. The molecule has 0 aliphatic heterocycles. The summed E-state index contributed by atoms with van der Waals surface area (Å²) in [5.41, 5.74) is 2.83. The number of carbonyl (C=O) groups is 1. The van der Waals surface area contributed by atoms with Gasteiger partial charge in [0.1, 0.15) is 5.75 Å². The van der Waals surface area contributed by atoms with E-state index >= 15 is 0 Å². The number of anilines is 1. The van der Waals surface area contributed by atoms with Crippen LogP contribution in [0.5, 0.6) is 5.75 Å². The molecule has 0 fully saturated rings. The maximum atomic E-state index is 12.4. The zero-order valence-electron chi connectivity index (χ0n) is 17.1. The molecule has 1 N–H and O–H groups in total. The number of carbonyl (C=O) groups excluding carboxylic acids is 1. The second-order valence-electron chi connectivity index (χ2n) is 7.63. The summed E-state index contributed by atoms with van der Waals surface area (Å²) in [7, 11) is 1.59. The zero-order chi connectivity index (χ0) is 20.9. The van der Waals surface area contributed by atoms with Crippen molar-refractivity contribution in [3.63, 3.8) is 0 Å². The Labute approximate surface area is 175 Å². The molecule has 1 aromatic heterocycles. The second kappa shape index (κ2) is 9.13. The van der Waals surface area contributed by atoms with Gasteiger partial charge in [0, 0.05) is 0 Å². The van der Waals surface area contributed by atoms with Crippen LogP contribution in [0, 0.1) is 0 Å². The summed E-state index contributed by atoms with van der Waals surface area (Å²) in [5, 5.41) is 11.4. The molecule has 29 heavy (non-hydrogen) atoms. The van der Waals surface area contributed by atoms with Crippen molar-refractivity contribution in [2.45, 2.75) is 37.8 Å². The fraction of sp³-hybridized carbons (Fsp3) is 0.318. The van der Waals surface area contributed by atoms with E-state index < -0.39 is 0 Å². The van der Waals surface area contributed by atoms with Gasteiger partial charge < -0.3 is 14.5 Å². The number of methoxy groups -OCH3 is 1. The minimum atomic E-state index is -0.165. The Morgan fingerprint density at radius 2 is 1.90 bits per heavy atom. The Bertz CT molecular complexity index is 965. The summed E-state index contributed by atoms with van der Waals surface area (Å²) < 4.78 is 11.0. The van der Waals surface area contributed by atoms with E-state index in [1.54, 1.807) is 7.11 Å². The lowest BCUT2D eigenvalue weighted by atomic mass is 9.87. The molecule has 0 radical (unpaired) electrons. The number of hydrogen-bond donors (Lipinski definition) is 1. The second-order valence-corrected chi connectivity index (χ2v) is 8.55. The third-order valence-corrected chi connectivity index (χ3v) is 5.13. The predicted molar refractivity (Wildman–Crippen MR) is 115 cm³/mol. The number of nitrogens with zero attached hydrogens (tertiary/aromatic N) is 2. The van der Waals surface area contributed by atoms with Crippen LogP contribution >= 0.6 is 11.8 Å². The number of ether oxygens (including phenoxy) is 1. The molecule has 0 aliphatic carbocycles. The fourth-order valence-electron chi connectivity index (χ4n) is 2.72. The van der Waals surface area contributed by atoms with Crippen molar-refractivity contribution in [3.8, 4) is 5.75 Å². The fourth-order valence-corrected chi connectivity index (χ4v) is 3.30. The molecule has 152 valence electrons. The van der Waals surface area contributed by atoms with Crippen LogP contribution in [0.4, 0.5) is 5.69 Å². The van der Waals surface area contributed by atoms with Crippen LogP contribution in [0.1, 0.15) is 37.8 Å². The summed E-state index contributed by atoms with van der Waals surface area (Å²) >= 11 is 1.21. The summed E-state index contributed by atoms with van der Waals surface area (Å²) in [6.45, 7) is 6.37. The molecule has 1 amide bonds. The Morgan fingerprint density at radius 1 is 1.14 bits per heavy atom. The van der Waals surface area contributed by atoms with Gasteiger partial charge in [0.15, 0.2) is 0 Å². The Kier molecular flexibility index (Phi) is 6.59. The molecule has 7 heteroatoms. The average Bonchev–Trinajstić information content (AvgIpc) is 3.14. The maximum absolute atomic E-state index is 12.4. The summed E-state index contributed by atoms with van der Waals surface area (Å²) in [4.78, 5) is 12.4. The van der Waals surface area contributed by atoms with Gasteiger partial charge in [-0.3, -0.25) is 4.79 Å². The van der Waals surface area contributed by atoms with Crippen molar-refractivity contribution in [1.82, 2.24) is 10.2 Å². The van der Waals surface area contributed by atoms with E-state index in [0.717, 1.165) is 11.1 Å². The Hall–Kier alpha value is -2.80. The van der Waals surface area contributed by atoms with Gasteiger partial charge in [0.25, 0.3) is 5.22 Å². The SMILES string of the molecule is COc1ccc(C(C)(C)C)cc1NC(=O)CSc1nnc(Cc2ccccc2)o1. The van der Waals surface area contributed by atoms with Crippen molar-refractivity contribution in [2.24, 2.45) is 0 Å². The number of rotatable bonds is 7. The first-order chi connectivity index (χ1) is 13.8. The summed E-state index contributed by atoms with van der Waals surface area (Å²) in [6.07, 6.45) is 0.567. The number of hydrogen-bond acceptors (Lipinski definition) is 6. The van der Waals surface area contributed by atoms with E-state index in [2.05, 4.69) is 36.3 Å². The summed E-state index contributed by atoms with van der Waals surface area (Å²) in [6, 6.07) is 15.7. The van der Waals surface area contributed by atoms with Crippen molar-refractivity contribution in [3.05, 3.63) is 65.5 Å². The van der Waals surface area contributed by atoms with Gasteiger partial charge in [-0.2, -0.15) is 0 Å². The van der Waals surface area contributed by atoms with E-state index in [4.69, 9.17) is 9.15 Å². The molecule has 0 atom stereocenters. The monoisotopic (exact) mass is 411 g/mol. The third kappa shape index (κ3) is 5.84. The molecule has 0 aliphatic rings. The predicted octanol–water partition coefficient (Wildman–Crippen LogP) is 4.70. The molecular weight excluding hydrogens is 386 g/mol. The summed E-state index contributed by atoms with van der Waals surface area (Å²) in [5.74, 6) is 1.15. The normalized spacial score (nSPS) is 11.3.